The van der Waals surface area contributed by atoms with Crippen molar-refractivity contribution in [3.63, 3.8) is 0 Å². The van der Waals surface area contributed by atoms with Crippen molar-refractivity contribution < 1.29 is 9.53 Å². The molecule has 154 valence electrons. The molecule has 1 saturated heterocycles. The third kappa shape index (κ3) is 5.47. The Hall–Kier alpha value is -2.61. The van der Waals surface area contributed by atoms with Crippen LogP contribution < -0.4 is 15.4 Å². The quantitative estimate of drug-likeness (QED) is 0.641. The Labute approximate surface area is 181 Å². The molecule has 1 fully saturated rings. The van der Waals surface area contributed by atoms with Crippen LogP contribution in [0.2, 0.25) is 0 Å². The summed E-state index contributed by atoms with van der Waals surface area (Å²) < 4.78 is 7.51. The number of carbonyl (C=O) groups is 1. The van der Waals surface area contributed by atoms with Gasteiger partial charge in [0.1, 0.15) is 11.5 Å². The third-order valence-corrected chi connectivity index (χ3v) is 4.71. The number of benzene rings is 1. The number of aryl methyl sites for hydroxylation is 1. The number of nitrogens with zero attached hydrogens (tertiary/aromatic N) is 3. The fourth-order valence-corrected chi connectivity index (χ4v) is 3.32. The summed E-state index contributed by atoms with van der Waals surface area (Å²) in [4.78, 5) is 16.7. The van der Waals surface area contributed by atoms with Crippen molar-refractivity contribution >= 4 is 36.4 Å². The smallest absolute Gasteiger partial charge is 0.229 e. The maximum Gasteiger partial charge on any atom is 0.229 e. The Bertz CT molecular complexity index is 918. The molecule has 0 saturated carbocycles. The average Bonchev–Trinajstić information content (AvgIpc) is 3.33. The highest BCUT2D eigenvalue weighted by atomic mass is 35.5. The molecule has 2 N–H and O–H groups in total. The fourth-order valence-electron chi connectivity index (χ4n) is 3.32. The van der Waals surface area contributed by atoms with E-state index in [1.807, 2.05) is 43.7 Å². The van der Waals surface area contributed by atoms with Crippen LogP contribution in [0.15, 0.2) is 61.2 Å². The van der Waals surface area contributed by atoms with Crippen LogP contribution in [0.4, 0.5) is 5.69 Å². The highest BCUT2D eigenvalue weighted by Gasteiger charge is 2.34. The zero-order valence-corrected chi connectivity index (χ0v) is 17.5. The number of anilines is 1. The molecule has 2 aromatic heterocycles. The molecular formula is C20H23Cl2N5O2. The number of hydrogen-bond acceptors (Lipinski definition) is 5. The van der Waals surface area contributed by atoms with Crippen molar-refractivity contribution in [1.29, 1.82) is 0 Å². The number of ether oxygens (including phenoxy) is 1. The van der Waals surface area contributed by atoms with Crippen molar-refractivity contribution in [2.45, 2.75) is 5.92 Å². The van der Waals surface area contributed by atoms with Gasteiger partial charge in [-0.3, -0.25) is 14.5 Å². The molecule has 0 spiro atoms. The number of aromatic nitrogens is 3. The van der Waals surface area contributed by atoms with E-state index in [9.17, 15) is 4.79 Å². The lowest BCUT2D eigenvalue weighted by molar-refractivity contribution is -0.119. The van der Waals surface area contributed by atoms with Crippen molar-refractivity contribution in [3.05, 3.63) is 66.7 Å². The second-order valence-electron chi connectivity index (χ2n) is 6.62. The van der Waals surface area contributed by atoms with Crippen LogP contribution in [0.5, 0.6) is 11.5 Å². The van der Waals surface area contributed by atoms with Gasteiger partial charge in [0.2, 0.25) is 5.91 Å². The van der Waals surface area contributed by atoms with Gasteiger partial charge in [-0.05, 0) is 42.0 Å². The van der Waals surface area contributed by atoms with Crippen LogP contribution in [0.3, 0.4) is 0 Å². The fraction of sp³-hybridized carbons (Fsp3) is 0.250. The highest BCUT2D eigenvalue weighted by Crippen LogP contribution is 2.29. The standard InChI is InChI=1S/C20H21N5O2.2ClH/c1-25-13-14(10-23-25)18-11-22-12-19(18)20(26)24-15-2-4-16(5-3-15)27-17-6-8-21-9-7-17;;/h2-10,13,18-19,22H,11-12H2,1H3,(H,24,26);2*1H/t18-,19+;;/m1../s1. The highest BCUT2D eigenvalue weighted by molar-refractivity contribution is 5.93. The summed E-state index contributed by atoms with van der Waals surface area (Å²) in [7, 11) is 1.89. The molecule has 1 amide bonds. The molecule has 1 aliphatic rings. The molecule has 0 aliphatic carbocycles. The van der Waals surface area contributed by atoms with E-state index in [0.717, 1.165) is 23.5 Å². The number of carbonyl (C=O) groups excluding carboxylic acids is 1. The van der Waals surface area contributed by atoms with Gasteiger partial charge in [-0.25, -0.2) is 0 Å². The number of rotatable bonds is 5. The van der Waals surface area contributed by atoms with Gasteiger partial charge in [-0.15, -0.1) is 24.8 Å². The van der Waals surface area contributed by atoms with Crippen LogP contribution in [-0.2, 0) is 11.8 Å². The minimum absolute atomic E-state index is 0. The van der Waals surface area contributed by atoms with Gasteiger partial charge >= 0.3 is 0 Å². The van der Waals surface area contributed by atoms with Gasteiger partial charge in [-0.1, -0.05) is 0 Å². The minimum atomic E-state index is -0.123. The lowest BCUT2D eigenvalue weighted by Crippen LogP contribution is -2.28. The Morgan fingerprint density at radius 3 is 2.45 bits per heavy atom. The molecule has 9 heteroatoms. The van der Waals surface area contributed by atoms with E-state index in [-0.39, 0.29) is 42.6 Å². The molecule has 4 rings (SSSR count). The summed E-state index contributed by atoms with van der Waals surface area (Å²) in [5, 5.41) is 10.5. The van der Waals surface area contributed by atoms with Gasteiger partial charge in [0.15, 0.2) is 0 Å². The van der Waals surface area contributed by atoms with E-state index < -0.39 is 0 Å². The first-order valence-corrected chi connectivity index (χ1v) is 8.87. The largest absolute Gasteiger partial charge is 0.457 e. The van der Waals surface area contributed by atoms with Crippen LogP contribution in [0.25, 0.3) is 0 Å². The van der Waals surface area contributed by atoms with Gasteiger partial charge in [0.25, 0.3) is 0 Å². The van der Waals surface area contributed by atoms with E-state index in [0.29, 0.717) is 12.3 Å². The maximum atomic E-state index is 12.8. The molecular weight excluding hydrogens is 413 g/mol. The number of pyridine rings is 1. The maximum absolute atomic E-state index is 12.8. The lowest BCUT2D eigenvalue weighted by atomic mass is 9.90. The number of halogens is 2. The first-order chi connectivity index (χ1) is 13.2. The summed E-state index contributed by atoms with van der Waals surface area (Å²) in [6, 6.07) is 10.9. The van der Waals surface area contributed by atoms with Crippen molar-refractivity contribution in [2.75, 3.05) is 18.4 Å². The summed E-state index contributed by atoms with van der Waals surface area (Å²) >= 11 is 0. The molecule has 0 bridgehead atoms. The predicted molar refractivity (Wildman–Crippen MR) is 116 cm³/mol. The topological polar surface area (TPSA) is 81.1 Å². The Balaban J connectivity index is 0.00000150. The number of nitrogens with one attached hydrogen (secondary N) is 2. The van der Waals surface area contributed by atoms with E-state index in [4.69, 9.17) is 4.74 Å². The van der Waals surface area contributed by atoms with Crippen molar-refractivity contribution in [2.24, 2.45) is 13.0 Å². The van der Waals surface area contributed by atoms with Gasteiger partial charge in [-0.2, -0.15) is 5.10 Å². The van der Waals surface area contributed by atoms with E-state index in [1.165, 1.54) is 0 Å². The minimum Gasteiger partial charge on any atom is -0.457 e. The first kappa shape index (κ1) is 22.7. The SMILES string of the molecule is Cl.Cl.Cn1cc([C@H]2CNC[C@@H]2C(=O)Nc2ccc(Oc3ccncc3)cc2)cn1. The molecule has 7 nitrogen and oxygen atoms in total. The molecule has 29 heavy (non-hydrogen) atoms. The lowest BCUT2D eigenvalue weighted by Gasteiger charge is -2.17. The van der Waals surface area contributed by atoms with E-state index in [2.05, 4.69) is 20.7 Å². The van der Waals surface area contributed by atoms with Crippen LogP contribution in [0, 0.1) is 5.92 Å². The Morgan fingerprint density at radius 1 is 1.10 bits per heavy atom. The molecule has 3 heterocycles. The Morgan fingerprint density at radius 2 is 1.79 bits per heavy atom. The summed E-state index contributed by atoms with van der Waals surface area (Å²) in [5.41, 5.74) is 1.84. The van der Waals surface area contributed by atoms with Gasteiger partial charge < -0.3 is 15.4 Å². The van der Waals surface area contributed by atoms with Crippen molar-refractivity contribution in [3.8, 4) is 11.5 Å². The number of amides is 1. The van der Waals surface area contributed by atoms with Gasteiger partial charge in [0, 0.05) is 50.3 Å². The van der Waals surface area contributed by atoms with Crippen LogP contribution in [0.1, 0.15) is 11.5 Å². The third-order valence-electron chi connectivity index (χ3n) is 4.71. The monoisotopic (exact) mass is 435 g/mol. The van der Waals surface area contributed by atoms with E-state index >= 15 is 0 Å². The molecule has 3 aromatic rings. The molecule has 1 aromatic carbocycles. The van der Waals surface area contributed by atoms with E-state index in [1.54, 1.807) is 29.2 Å². The molecule has 1 aliphatic heterocycles. The van der Waals surface area contributed by atoms with Crippen molar-refractivity contribution in [1.82, 2.24) is 20.1 Å². The Kier molecular flexibility index (Phi) is 8.01. The summed E-state index contributed by atoms with van der Waals surface area (Å²) in [6.07, 6.45) is 7.17. The van der Waals surface area contributed by atoms with Gasteiger partial charge in [0.05, 0.1) is 12.1 Å². The zero-order valence-electron chi connectivity index (χ0n) is 15.8. The molecule has 2 atom stereocenters. The number of hydrogen-bond donors (Lipinski definition) is 2. The summed E-state index contributed by atoms with van der Waals surface area (Å²) in [6.45, 7) is 1.44. The van der Waals surface area contributed by atoms with Crippen LogP contribution >= 0.6 is 24.8 Å². The second-order valence-corrected chi connectivity index (χ2v) is 6.62. The average molecular weight is 436 g/mol. The zero-order chi connectivity index (χ0) is 18.6. The normalized spacial score (nSPS) is 17.7. The second kappa shape index (κ2) is 10.2. The molecule has 0 radical (unpaired) electrons. The molecule has 0 unspecified atom stereocenters. The predicted octanol–water partition coefficient (Wildman–Crippen LogP) is 3.39. The summed E-state index contributed by atoms with van der Waals surface area (Å²) in [5.74, 6) is 1.44. The van der Waals surface area contributed by atoms with Crippen LogP contribution in [-0.4, -0.2) is 33.8 Å². The first-order valence-electron chi connectivity index (χ1n) is 8.87.